The molecule has 0 atom stereocenters. The number of aromatic hydroxyl groups is 1. The first kappa shape index (κ1) is 71.3. The van der Waals surface area contributed by atoms with Crippen molar-refractivity contribution in [2.24, 2.45) is 0 Å². The van der Waals surface area contributed by atoms with Crippen LogP contribution in [0.1, 0.15) is 37.5 Å². The van der Waals surface area contributed by atoms with E-state index in [9.17, 15) is 5.11 Å². The first-order chi connectivity index (χ1) is 48.1. The maximum absolute atomic E-state index is 9.39. The second kappa shape index (κ2) is 39.6. The van der Waals surface area contributed by atoms with Crippen LogP contribution in [-0.4, -0.2) is 90.6 Å². The van der Waals surface area contributed by atoms with Crippen LogP contribution in [0.2, 0.25) is 51.4 Å². The molecule has 0 aliphatic carbocycles. The number of aliphatic hydroxyl groups excluding tert-OH is 1. The molecule has 0 saturated carbocycles. The van der Waals surface area contributed by atoms with Gasteiger partial charge in [0.1, 0.15) is 30.7 Å². The van der Waals surface area contributed by atoms with Gasteiger partial charge in [0.2, 0.25) is 0 Å². The Labute approximate surface area is 599 Å². The van der Waals surface area contributed by atoms with Gasteiger partial charge in [0.15, 0.2) is 0 Å². The third kappa shape index (κ3) is 25.5. The lowest BCUT2D eigenvalue weighted by molar-refractivity contribution is 0.0797. The Bertz CT molecular complexity index is 4060. The number of methoxy groups -OCH3 is 2. The fraction of sp³-hybridized carbons (Fsp3) is 0.222. The van der Waals surface area contributed by atoms with Crippen molar-refractivity contribution in [1.29, 1.82) is 0 Å². The van der Waals surface area contributed by atoms with Gasteiger partial charge in [0, 0.05) is 55.0 Å². The minimum atomic E-state index is -1.07. The van der Waals surface area contributed by atoms with E-state index in [0.29, 0.717) is 19.2 Å². The number of benzene rings is 9. The van der Waals surface area contributed by atoms with Crippen molar-refractivity contribution < 1.29 is 33.3 Å². The molecule has 12 nitrogen and oxygen atoms in total. The van der Waals surface area contributed by atoms with Crippen LogP contribution in [0.15, 0.2) is 273 Å². The molecule has 0 aliphatic heterocycles. The number of ether oxygens (including phenoxy) is 4. The third-order valence-electron chi connectivity index (χ3n) is 15.5. The molecule has 0 saturated heterocycles. The summed E-state index contributed by atoms with van der Waals surface area (Å²) in [7, 11) is -3.19. The molecule has 97 heavy (non-hydrogen) atoms. The number of hydrogen-bond acceptors (Lipinski definition) is 9. The Morgan fingerprint density at radius 1 is 0.423 bits per heavy atom. The maximum atomic E-state index is 9.39. The number of nitrogens with one attached hydrogen (secondary N) is 1. The lowest BCUT2D eigenvalue weighted by Crippen LogP contribution is -2.22. The summed E-state index contributed by atoms with van der Waals surface area (Å²) in [6, 6.07) is 89.4. The van der Waals surface area contributed by atoms with Gasteiger partial charge in [-0.05, 0) is 160 Å². The molecule has 12 aromatic rings. The van der Waals surface area contributed by atoms with E-state index in [1.807, 2.05) is 101 Å². The molecule has 0 aliphatic rings. The standard InChI is InChI=1S/C23H30N2O2Si.C22H28N2O2Si.C18H15P.C17H16N2O.CH4O.HI/c1-26-22-11-7-20(8-12-22)17-19-5-9-21(10-6-19)23-13-14-24-25(23)18-27-15-16-28(2,3)4;1-27(2,3)15-14-26-17-24-22(12-13-23-24)20-8-4-18(5-9-20)16-19-6-10-21(25)11-7-19;1-4-10-16(11-5-1)19(17-12-6-2-7-13-17)18-14-8-3-9-15-18;1-20-16-8-4-14(5-9-16)12-13-2-6-15(7-3-13)17-10-11-18-19-17;1-2;/h5-14H,15-18H2,1-4H3;4-13,25H,14-17H2,1-3H3;1-15H;2-11H,12H2,1H3,(H,18,19);2H,1H3;1H/i1D;;;2*1D;. The van der Waals surface area contributed by atoms with Crippen LogP contribution < -0.4 is 25.4 Å². The molecule has 0 radical (unpaired) electrons. The minimum absolute atomic E-state index is 0. The predicted octanol–water partition coefficient (Wildman–Crippen LogP) is 18.0. The van der Waals surface area contributed by atoms with E-state index in [2.05, 4.69) is 223 Å². The van der Waals surface area contributed by atoms with Gasteiger partial charge in [-0.3, -0.25) is 5.10 Å². The molecule has 16 heteroatoms. The minimum Gasteiger partial charge on any atom is -0.508 e. The van der Waals surface area contributed by atoms with E-state index >= 15 is 0 Å². The smallest absolute Gasteiger partial charge is 0.139 e. The zero-order valence-electron chi connectivity index (χ0n) is 59.6. The first-order valence-electron chi connectivity index (χ1n) is 34.3. The van der Waals surface area contributed by atoms with Crippen molar-refractivity contribution in [3.63, 3.8) is 0 Å². The molecule has 0 bridgehead atoms. The molecule has 0 unspecified atom stereocenters. The highest BCUT2D eigenvalue weighted by Gasteiger charge is 2.17. The molecule has 504 valence electrons. The lowest BCUT2D eigenvalue weighted by Gasteiger charge is -2.18. The molecule has 0 amide bonds. The van der Waals surface area contributed by atoms with E-state index in [4.69, 9.17) is 28.2 Å². The first-order valence-corrected chi connectivity index (χ1v) is 40.9. The van der Waals surface area contributed by atoms with Crippen molar-refractivity contribution in [1.82, 2.24) is 29.8 Å². The summed E-state index contributed by atoms with van der Waals surface area (Å²) in [6.45, 7) is 16.7. The summed E-state index contributed by atoms with van der Waals surface area (Å²) in [5, 5.41) is 36.6. The number of nitrogens with zero attached hydrogens (tertiary/aromatic N) is 5. The predicted molar refractivity (Wildman–Crippen MR) is 419 cm³/mol. The Morgan fingerprint density at radius 3 is 1.07 bits per heavy atom. The molecule has 3 N–H and O–H groups in total. The largest absolute Gasteiger partial charge is 0.508 e. The van der Waals surface area contributed by atoms with E-state index in [1.165, 1.54) is 49.3 Å². The van der Waals surface area contributed by atoms with Gasteiger partial charge in [0.25, 0.3) is 0 Å². The van der Waals surface area contributed by atoms with E-state index < -0.39 is 31.2 Å². The summed E-state index contributed by atoms with van der Waals surface area (Å²) >= 11 is 0. The van der Waals surface area contributed by atoms with Crippen molar-refractivity contribution in [3.05, 3.63) is 307 Å². The zero-order chi connectivity index (χ0) is 70.1. The van der Waals surface area contributed by atoms with Crippen LogP contribution >= 0.6 is 31.9 Å². The van der Waals surface area contributed by atoms with Crippen LogP contribution in [0, 0.1) is 0 Å². The van der Waals surface area contributed by atoms with Crippen molar-refractivity contribution in [3.8, 4) is 51.0 Å². The number of rotatable bonds is 24. The summed E-state index contributed by atoms with van der Waals surface area (Å²) < 4.78 is 45.7. The highest BCUT2D eigenvalue weighted by atomic mass is 127. The molecular formula is C81H94IN6O6PSi2. The van der Waals surface area contributed by atoms with Gasteiger partial charge in [0.05, 0.1) is 35.4 Å². The molecule has 0 spiro atoms. The van der Waals surface area contributed by atoms with Crippen LogP contribution in [0.3, 0.4) is 0 Å². The van der Waals surface area contributed by atoms with Gasteiger partial charge < -0.3 is 29.2 Å². The summed E-state index contributed by atoms with van der Waals surface area (Å²) in [5.74, 6) is 1.78. The fourth-order valence-corrected chi connectivity index (χ4v) is 14.0. The molecule has 0 fully saturated rings. The topological polar surface area (TPSA) is 142 Å². The Morgan fingerprint density at radius 2 is 0.753 bits per heavy atom. The number of halogens is 1. The normalized spacial score (nSPS) is 11.3. The molecule has 9 aromatic carbocycles. The Hall–Kier alpha value is -8.52. The fourth-order valence-electron chi connectivity index (χ4n) is 10.1. The van der Waals surface area contributed by atoms with Crippen molar-refractivity contribution in [2.45, 2.75) is 84.1 Å². The number of H-pyrrole nitrogens is 1. The second-order valence-electron chi connectivity index (χ2n) is 25.3. The molecule has 3 heterocycles. The molecule has 3 aromatic heterocycles. The number of aromatic amines is 1. The van der Waals surface area contributed by atoms with Crippen LogP contribution in [0.5, 0.6) is 17.2 Å². The van der Waals surface area contributed by atoms with Gasteiger partial charge >= 0.3 is 0 Å². The maximum Gasteiger partial charge on any atom is 0.139 e. The van der Waals surface area contributed by atoms with Crippen LogP contribution in [0.4, 0.5) is 0 Å². The molecular weight excluding hydrogens is 1370 g/mol. The number of hydrogen-bond donors (Lipinski definition) is 3. The Balaban J connectivity index is 0.000000186. The highest BCUT2D eigenvalue weighted by Crippen LogP contribution is 2.32. The van der Waals surface area contributed by atoms with Crippen LogP contribution in [-0.2, 0) is 42.2 Å². The number of aromatic nitrogens is 6. The second-order valence-corrected chi connectivity index (χ2v) is 38.8. The third-order valence-corrected chi connectivity index (χ3v) is 21.4. The van der Waals surface area contributed by atoms with Gasteiger partial charge in [-0.2, -0.15) is 15.3 Å². The molecule has 12 rings (SSSR count). The van der Waals surface area contributed by atoms with Crippen molar-refractivity contribution in [2.75, 3.05) is 34.5 Å². The lowest BCUT2D eigenvalue weighted by atomic mass is 10.0. The van der Waals surface area contributed by atoms with E-state index in [1.54, 1.807) is 18.3 Å². The zero-order valence-corrected chi connectivity index (χ0v) is 61.8. The Kier molecular flexibility index (Phi) is 29.1. The van der Waals surface area contributed by atoms with E-state index in [-0.39, 0.29) is 38.1 Å². The SMILES string of the molecule is C[Si](C)(C)CCOCn1nccc1-c1ccc(Cc2ccc(O)cc2)cc1.I.[2H]CO.[2H]COc1ccc(Cc2ccc(-c3ccn[nH]3)cc2)cc1.[2H]COc1ccc(Cc2ccc(-c3ccnn3COCC[Si](C)(C)C)cc2)cc1.c1ccc(P(c2ccccc2)c2ccccc2)cc1. The van der Waals surface area contributed by atoms with Crippen LogP contribution in [0.25, 0.3) is 33.8 Å². The number of aliphatic hydroxyl groups is 1. The summed E-state index contributed by atoms with van der Waals surface area (Å²) in [5.41, 5.74) is 13.9. The van der Waals surface area contributed by atoms with Gasteiger partial charge in [-0.15, -0.1) is 24.0 Å². The average Bonchev–Trinajstić information content (AvgIpc) is 1.05. The summed E-state index contributed by atoms with van der Waals surface area (Å²) in [4.78, 5) is 0. The highest BCUT2D eigenvalue weighted by molar-refractivity contribution is 14.0. The summed E-state index contributed by atoms with van der Waals surface area (Å²) in [6.07, 6.45) is 7.99. The van der Waals surface area contributed by atoms with Gasteiger partial charge in [-0.25, -0.2) is 9.36 Å². The van der Waals surface area contributed by atoms with Gasteiger partial charge in [-0.1, -0.05) is 239 Å². The number of phenolic OH excluding ortho intramolecular Hbond substituents is 1. The van der Waals surface area contributed by atoms with E-state index in [0.717, 1.165) is 89.8 Å². The van der Waals surface area contributed by atoms with Crippen molar-refractivity contribution >= 4 is 64.0 Å². The quantitative estimate of drug-likeness (QED) is 0.0233. The monoisotopic (exact) mass is 1460 g/mol. The number of phenols is 1. The average molecular weight is 1460 g/mol.